The molecule has 0 aliphatic heterocycles. The fraction of sp³-hybridized carbons (Fsp3) is 0.278. The summed E-state index contributed by atoms with van der Waals surface area (Å²) < 4.78 is 35.6. The molecule has 0 heterocycles. The van der Waals surface area contributed by atoms with Gasteiger partial charge in [-0.15, -0.1) is 0 Å². The summed E-state index contributed by atoms with van der Waals surface area (Å²) in [5, 5.41) is 14.8. The first-order valence-corrected chi connectivity index (χ1v) is 17.9. The number of hydrogen-bond donors (Lipinski definition) is 1. The van der Waals surface area contributed by atoms with E-state index < -0.39 is 33.4 Å². The summed E-state index contributed by atoms with van der Waals surface area (Å²) >= 11 is 3.48. The first kappa shape index (κ1) is 37.1. The predicted molar refractivity (Wildman–Crippen MR) is 192 cm³/mol. The van der Waals surface area contributed by atoms with Crippen LogP contribution in [0.5, 0.6) is 5.75 Å². The smallest absolute Gasteiger partial charge is 0.273 e. The molecule has 11 nitrogen and oxygen atoms in total. The maximum Gasteiger partial charge on any atom is 0.273 e. The van der Waals surface area contributed by atoms with Crippen molar-refractivity contribution in [3.05, 3.63) is 128 Å². The summed E-state index contributed by atoms with van der Waals surface area (Å²) in [6.07, 6.45) is 0.831. The quantitative estimate of drug-likeness (QED) is 0.109. The number of nitro groups is 1. The van der Waals surface area contributed by atoms with E-state index in [0.717, 1.165) is 20.4 Å². The van der Waals surface area contributed by atoms with Crippen molar-refractivity contribution in [1.82, 2.24) is 10.2 Å². The number of aryl methyl sites for hydroxylation is 1. The molecule has 0 aromatic heterocycles. The third-order valence-electron chi connectivity index (χ3n) is 8.12. The van der Waals surface area contributed by atoms with Crippen LogP contribution in [0.1, 0.15) is 37.0 Å². The van der Waals surface area contributed by atoms with E-state index >= 15 is 0 Å². The van der Waals surface area contributed by atoms with Crippen molar-refractivity contribution in [2.45, 2.75) is 57.1 Å². The number of carbonyl (C=O) groups excluding carboxylic acids is 2. The number of hydrogen-bond acceptors (Lipinski definition) is 7. The van der Waals surface area contributed by atoms with E-state index in [-0.39, 0.29) is 46.7 Å². The molecule has 49 heavy (non-hydrogen) atoms. The maximum absolute atomic E-state index is 14.6. The van der Waals surface area contributed by atoms with Crippen LogP contribution in [0.2, 0.25) is 0 Å². The van der Waals surface area contributed by atoms with Crippen LogP contribution in [0.15, 0.2) is 106 Å². The Hall–Kier alpha value is -4.75. The molecule has 4 aromatic carbocycles. The molecule has 4 aromatic rings. The van der Waals surface area contributed by atoms with Gasteiger partial charge in [0.2, 0.25) is 11.8 Å². The molecule has 0 radical (unpaired) electrons. The van der Waals surface area contributed by atoms with Crippen LogP contribution in [0.4, 0.5) is 11.4 Å². The Bertz CT molecular complexity index is 1890. The molecular weight excluding hydrogens is 712 g/mol. The van der Waals surface area contributed by atoms with Crippen LogP contribution in [-0.4, -0.2) is 55.8 Å². The highest BCUT2D eigenvalue weighted by Crippen LogP contribution is 2.30. The molecule has 258 valence electrons. The van der Waals surface area contributed by atoms with Gasteiger partial charge in [0.1, 0.15) is 18.3 Å². The Morgan fingerprint density at radius 3 is 2.24 bits per heavy atom. The SMILES string of the molecule is CC[C@@H](C)NC(=O)[C@@H](Cc1ccccc1)N(Cc1cccc(Br)c1)C(=O)CN(c1ccc(OC)cc1)S(=O)(=O)c1ccc(C)c([N+](=O)[O-])c1. The largest absolute Gasteiger partial charge is 0.497 e. The van der Waals surface area contributed by atoms with Crippen molar-refractivity contribution < 1.29 is 27.7 Å². The Morgan fingerprint density at radius 1 is 0.959 bits per heavy atom. The number of anilines is 1. The second kappa shape index (κ2) is 16.6. The number of sulfonamides is 1. The Kier molecular flexibility index (Phi) is 12.5. The first-order chi connectivity index (χ1) is 23.3. The zero-order valence-electron chi connectivity index (χ0n) is 27.7. The van der Waals surface area contributed by atoms with E-state index in [1.54, 1.807) is 12.1 Å². The zero-order chi connectivity index (χ0) is 35.7. The van der Waals surface area contributed by atoms with Gasteiger partial charge in [0, 0.05) is 35.1 Å². The third kappa shape index (κ3) is 9.45. The number of nitro benzene ring substituents is 1. The van der Waals surface area contributed by atoms with Gasteiger partial charge in [0.05, 0.1) is 22.6 Å². The van der Waals surface area contributed by atoms with E-state index in [4.69, 9.17) is 4.74 Å². The van der Waals surface area contributed by atoms with Gasteiger partial charge in [-0.25, -0.2) is 8.42 Å². The Balaban J connectivity index is 1.85. The molecule has 0 unspecified atom stereocenters. The number of halogens is 1. The summed E-state index contributed by atoms with van der Waals surface area (Å²) in [7, 11) is -3.08. The number of carbonyl (C=O) groups is 2. The van der Waals surface area contributed by atoms with Gasteiger partial charge in [-0.2, -0.15) is 0 Å². The predicted octanol–water partition coefficient (Wildman–Crippen LogP) is 6.42. The van der Waals surface area contributed by atoms with Gasteiger partial charge < -0.3 is 15.0 Å². The Labute approximate surface area is 295 Å². The molecule has 1 N–H and O–H groups in total. The van der Waals surface area contributed by atoms with E-state index in [2.05, 4.69) is 21.2 Å². The minimum absolute atomic E-state index is 0.00377. The van der Waals surface area contributed by atoms with Crippen LogP contribution in [-0.2, 0) is 32.6 Å². The summed E-state index contributed by atoms with van der Waals surface area (Å²) in [5.41, 5.74) is 1.56. The highest BCUT2D eigenvalue weighted by atomic mass is 79.9. The summed E-state index contributed by atoms with van der Waals surface area (Å²) in [6, 6.07) is 25.1. The van der Waals surface area contributed by atoms with Gasteiger partial charge in [0.15, 0.2) is 0 Å². The van der Waals surface area contributed by atoms with Crippen LogP contribution in [0, 0.1) is 17.0 Å². The number of nitrogens with one attached hydrogen (secondary N) is 1. The number of methoxy groups -OCH3 is 1. The van der Waals surface area contributed by atoms with Crippen LogP contribution < -0.4 is 14.4 Å². The average molecular weight is 752 g/mol. The molecule has 0 aliphatic carbocycles. The van der Waals surface area contributed by atoms with Gasteiger partial charge in [-0.1, -0.05) is 71.4 Å². The number of benzene rings is 4. The van der Waals surface area contributed by atoms with Gasteiger partial charge in [-0.3, -0.25) is 24.0 Å². The normalized spacial score (nSPS) is 12.4. The van der Waals surface area contributed by atoms with Crippen molar-refractivity contribution in [1.29, 1.82) is 0 Å². The van der Waals surface area contributed by atoms with Crippen molar-refractivity contribution in [3.8, 4) is 5.75 Å². The highest BCUT2D eigenvalue weighted by Gasteiger charge is 2.35. The topological polar surface area (TPSA) is 139 Å². The molecule has 0 saturated heterocycles. The van der Waals surface area contributed by atoms with Gasteiger partial charge in [0.25, 0.3) is 15.7 Å². The maximum atomic E-state index is 14.6. The molecule has 0 saturated carbocycles. The standard InChI is InChI=1S/C36H39BrN4O7S/c1-5-26(3)38-36(43)34(21-27-10-7-6-8-11-27)39(23-28-12-9-13-29(37)20-28)35(42)24-40(30-15-17-31(48-4)18-16-30)49(46,47)32-19-14-25(2)33(22-32)41(44)45/h6-20,22,26,34H,5,21,23-24H2,1-4H3,(H,38,43)/t26-,34-/m1/s1. The fourth-order valence-electron chi connectivity index (χ4n) is 5.18. The minimum atomic E-state index is -4.55. The van der Waals surface area contributed by atoms with Crippen molar-refractivity contribution in [2.24, 2.45) is 0 Å². The number of ether oxygens (including phenoxy) is 1. The van der Waals surface area contributed by atoms with E-state index in [1.165, 1.54) is 43.2 Å². The van der Waals surface area contributed by atoms with Crippen LogP contribution >= 0.6 is 15.9 Å². The molecule has 0 bridgehead atoms. The first-order valence-electron chi connectivity index (χ1n) is 15.6. The summed E-state index contributed by atoms with van der Waals surface area (Å²) in [5.74, 6) is -0.574. The van der Waals surface area contributed by atoms with Crippen molar-refractivity contribution in [3.63, 3.8) is 0 Å². The lowest BCUT2D eigenvalue weighted by Gasteiger charge is -2.34. The molecule has 4 rings (SSSR count). The lowest BCUT2D eigenvalue weighted by atomic mass is 10.0. The molecule has 2 amide bonds. The van der Waals surface area contributed by atoms with E-state index in [0.29, 0.717) is 17.7 Å². The van der Waals surface area contributed by atoms with Crippen molar-refractivity contribution in [2.75, 3.05) is 18.0 Å². The van der Waals surface area contributed by atoms with Crippen LogP contribution in [0.25, 0.3) is 0 Å². The van der Waals surface area contributed by atoms with E-state index in [9.17, 15) is 28.1 Å². The second-order valence-electron chi connectivity index (χ2n) is 11.6. The number of rotatable bonds is 15. The third-order valence-corrected chi connectivity index (χ3v) is 10.4. The molecule has 13 heteroatoms. The van der Waals surface area contributed by atoms with Crippen LogP contribution in [0.3, 0.4) is 0 Å². The van der Waals surface area contributed by atoms with Gasteiger partial charge in [-0.05, 0) is 73.9 Å². The average Bonchev–Trinajstić information content (AvgIpc) is 3.09. The summed E-state index contributed by atoms with van der Waals surface area (Å²) in [4.78, 5) is 40.7. The fourth-order valence-corrected chi connectivity index (χ4v) is 7.06. The zero-order valence-corrected chi connectivity index (χ0v) is 30.1. The number of amides is 2. The Morgan fingerprint density at radius 2 is 1.63 bits per heavy atom. The lowest BCUT2D eigenvalue weighted by molar-refractivity contribution is -0.385. The monoisotopic (exact) mass is 750 g/mol. The lowest BCUT2D eigenvalue weighted by Crippen LogP contribution is -2.54. The summed E-state index contributed by atoms with van der Waals surface area (Å²) in [6.45, 7) is 4.62. The molecule has 2 atom stereocenters. The van der Waals surface area contributed by atoms with Crippen molar-refractivity contribution >= 4 is 49.1 Å². The second-order valence-corrected chi connectivity index (χ2v) is 14.4. The highest BCUT2D eigenvalue weighted by molar-refractivity contribution is 9.10. The molecule has 0 aliphatic rings. The van der Waals surface area contributed by atoms with Gasteiger partial charge >= 0.3 is 0 Å². The minimum Gasteiger partial charge on any atom is -0.497 e. The molecular formula is C36H39BrN4O7S. The van der Waals surface area contributed by atoms with E-state index in [1.807, 2.05) is 68.4 Å². The molecule has 0 fully saturated rings. The number of nitrogens with zero attached hydrogens (tertiary/aromatic N) is 3. The molecule has 0 spiro atoms.